The zero-order valence-electron chi connectivity index (χ0n) is 17.3. The van der Waals surface area contributed by atoms with Gasteiger partial charge in [-0.25, -0.2) is 0 Å². The number of hydrogen-bond donors (Lipinski definition) is 2. The van der Waals surface area contributed by atoms with Gasteiger partial charge in [0.25, 0.3) is 5.91 Å². The first-order valence-corrected chi connectivity index (χ1v) is 10.1. The number of carbonyl (C=O) groups excluding carboxylic acids is 2. The first-order chi connectivity index (χ1) is 12.7. The van der Waals surface area contributed by atoms with E-state index in [1.54, 1.807) is 18.2 Å². The van der Waals surface area contributed by atoms with Crippen molar-refractivity contribution in [3.63, 3.8) is 0 Å². The monoisotopic (exact) mass is 429 g/mol. The summed E-state index contributed by atoms with van der Waals surface area (Å²) in [7, 11) is 1.97. The lowest BCUT2D eigenvalue weighted by molar-refractivity contribution is -0.117. The average molecular weight is 430 g/mol. The van der Waals surface area contributed by atoms with Crippen LogP contribution in [0.2, 0.25) is 5.02 Å². The highest BCUT2D eigenvalue weighted by Gasteiger charge is 2.25. The fourth-order valence-corrected chi connectivity index (χ4v) is 3.60. The molecule has 0 atom stereocenters. The molecule has 5 nitrogen and oxygen atoms in total. The lowest BCUT2D eigenvalue weighted by atomic mass is 9.92. The number of piperidine rings is 1. The molecule has 7 heteroatoms. The second kappa shape index (κ2) is 11.0. The van der Waals surface area contributed by atoms with Gasteiger partial charge >= 0.3 is 0 Å². The number of benzene rings is 1. The summed E-state index contributed by atoms with van der Waals surface area (Å²) < 4.78 is 0. The Morgan fingerprint density at radius 3 is 2.43 bits per heavy atom. The molecule has 2 rings (SSSR count). The van der Waals surface area contributed by atoms with Crippen LogP contribution in [0.5, 0.6) is 0 Å². The van der Waals surface area contributed by atoms with E-state index in [4.69, 9.17) is 11.6 Å². The number of halogens is 2. The Balaban J connectivity index is 0.00000392. The molecule has 1 aliphatic heterocycles. The van der Waals surface area contributed by atoms with Crippen LogP contribution in [0, 0.1) is 11.3 Å². The van der Waals surface area contributed by atoms with Gasteiger partial charge in [0.05, 0.1) is 10.6 Å². The fraction of sp³-hybridized carbons (Fsp3) is 0.619. The van der Waals surface area contributed by atoms with E-state index in [1.807, 2.05) is 32.7 Å². The summed E-state index contributed by atoms with van der Waals surface area (Å²) in [4.78, 5) is 27.0. The van der Waals surface area contributed by atoms with Crippen molar-refractivity contribution in [3.05, 3.63) is 28.8 Å². The number of nitrogens with one attached hydrogen (secondary N) is 2. The maximum absolute atomic E-state index is 12.9. The predicted octanol–water partition coefficient (Wildman–Crippen LogP) is 4.60. The van der Waals surface area contributed by atoms with E-state index < -0.39 is 0 Å². The van der Waals surface area contributed by atoms with Crippen LogP contribution in [0.25, 0.3) is 0 Å². The Kier molecular flexibility index (Phi) is 9.75. The van der Waals surface area contributed by atoms with Crippen molar-refractivity contribution in [1.82, 2.24) is 10.2 Å². The third kappa shape index (κ3) is 7.61. The van der Waals surface area contributed by atoms with Crippen LogP contribution < -0.4 is 10.6 Å². The minimum Gasteiger partial charge on any atom is -0.339 e. The summed E-state index contributed by atoms with van der Waals surface area (Å²) in [5.41, 5.74) is 0.979. The molecule has 1 fully saturated rings. The van der Waals surface area contributed by atoms with Crippen LogP contribution >= 0.6 is 24.0 Å². The summed E-state index contributed by atoms with van der Waals surface area (Å²) in [6, 6.07) is 5.11. The second-order valence-corrected chi connectivity index (χ2v) is 9.02. The molecular formula is C21H33Cl2N3O2. The Morgan fingerprint density at radius 2 is 1.86 bits per heavy atom. The standard InChI is InChI=1S/C21H32ClN3O2.ClH/c1-21(2,3)14-19(26)24-16-5-6-18(22)17(13-16)20(27)25-11-8-15(9-12-25)7-10-23-4;/h5-6,13,15,23H,7-12,14H2,1-4H3,(H,24,26);1H. The second-order valence-electron chi connectivity index (χ2n) is 8.61. The molecule has 0 saturated carbocycles. The summed E-state index contributed by atoms with van der Waals surface area (Å²) in [6.07, 6.45) is 3.60. The molecule has 2 N–H and O–H groups in total. The van der Waals surface area contributed by atoms with Gasteiger partial charge in [-0.1, -0.05) is 32.4 Å². The number of hydrogen-bond acceptors (Lipinski definition) is 3. The molecule has 28 heavy (non-hydrogen) atoms. The number of anilines is 1. The quantitative estimate of drug-likeness (QED) is 0.694. The SMILES string of the molecule is CNCCC1CCN(C(=O)c2cc(NC(=O)CC(C)(C)C)ccc2Cl)CC1.Cl. The van der Waals surface area contributed by atoms with Crippen LogP contribution in [-0.2, 0) is 4.79 Å². The number of carbonyl (C=O) groups is 2. The van der Waals surface area contributed by atoms with E-state index in [9.17, 15) is 9.59 Å². The molecule has 0 radical (unpaired) electrons. The molecule has 1 saturated heterocycles. The number of rotatable bonds is 6. The summed E-state index contributed by atoms with van der Waals surface area (Å²) in [5.74, 6) is 0.549. The minimum absolute atomic E-state index is 0. The third-order valence-corrected chi connectivity index (χ3v) is 5.21. The van der Waals surface area contributed by atoms with Crippen molar-refractivity contribution in [1.29, 1.82) is 0 Å². The first-order valence-electron chi connectivity index (χ1n) is 9.73. The van der Waals surface area contributed by atoms with E-state index in [2.05, 4.69) is 10.6 Å². The van der Waals surface area contributed by atoms with Crippen LogP contribution in [0.4, 0.5) is 5.69 Å². The van der Waals surface area contributed by atoms with E-state index >= 15 is 0 Å². The van der Waals surface area contributed by atoms with Crippen molar-refractivity contribution in [2.45, 2.75) is 46.5 Å². The zero-order valence-corrected chi connectivity index (χ0v) is 18.9. The normalized spacial score (nSPS) is 15.1. The molecule has 2 amide bonds. The Morgan fingerprint density at radius 1 is 1.21 bits per heavy atom. The van der Waals surface area contributed by atoms with Crippen molar-refractivity contribution >= 4 is 41.5 Å². The van der Waals surface area contributed by atoms with Crippen LogP contribution in [0.3, 0.4) is 0 Å². The largest absolute Gasteiger partial charge is 0.339 e. The highest BCUT2D eigenvalue weighted by Crippen LogP contribution is 2.26. The first kappa shape index (κ1) is 24.7. The van der Waals surface area contributed by atoms with Crippen molar-refractivity contribution < 1.29 is 9.59 Å². The summed E-state index contributed by atoms with van der Waals surface area (Å²) in [6.45, 7) is 8.58. The minimum atomic E-state index is -0.0905. The smallest absolute Gasteiger partial charge is 0.255 e. The van der Waals surface area contributed by atoms with Gasteiger partial charge in [0.15, 0.2) is 0 Å². The molecule has 0 aromatic heterocycles. The Labute approximate surface area is 180 Å². The molecule has 158 valence electrons. The van der Waals surface area contributed by atoms with Crippen molar-refractivity contribution in [2.24, 2.45) is 11.3 Å². The molecule has 0 aliphatic carbocycles. The van der Waals surface area contributed by atoms with Crippen LogP contribution in [-0.4, -0.2) is 43.4 Å². The van der Waals surface area contributed by atoms with E-state index in [0.717, 1.165) is 38.9 Å². The molecular weight excluding hydrogens is 397 g/mol. The summed E-state index contributed by atoms with van der Waals surface area (Å²) >= 11 is 6.28. The lowest BCUT2D eigenvalue weighted by Crippen LogP contribution is -2.39. The van der Waals surface area contributed by atoms with E-state index in [-0.39, 0.29) is 29.6 Å². The van der Waals surface area contributed by atoms with E-state index in [1.165, 1.54) is 0 Å². The molecule has 1 aromatic carbocycles. The maximum atomic E-state index is 12.9. The van der Waals surface area contributed by atoms with Gasteiger partial charge in [0.1, 0.15) is 0 Å². The van der Waals surface area contributed by atoms with Gasteiger partial charge in [0, 0.05) is 25.2 Å². The van der Waals surface area contributed by atoms with Gasteiger partial charge in [-0.3, -0.25) is 9.59 Å². The van der Waals surface area contributed by atoms with Gasteiger partial charge < -0.3 is 15.5 Å². The number of likely N-dealkylation sites (tertiary alicyclic amines) is 1. The number of nitrogens with zero attached hydrogens (tertiary/aromatic N) is 1. The lowest BCUT2D eigenvalue weighted by Gasteiger charge is -2.32. The zero-order chi connectivity index (χ0) is 20.0. The molecule has 0 unspecified atom stereocenters. The Bertz CT molecular complexity index is 666. The highest BCUT2D eigenvalue weighted by atomic mass is 35.5. The average Bonchev–Trinajstić information content (AvgIpc) is 2.60. The van der Waals surface area contributed by atoms with Gasteiger partial charge in [0.2, 0.25) is 5.91 Å². The van der Waals surface area contributed by atoms with Crippen LogP contribution in [0.1, 0.15) is 56.8 Å². The molecule has 1 aliphatic rings. The number of amides is 2. The van der Waals surface area contributed by atoms with Crippen molar-refractivity contribution in [2.75, 3.05) is 32.0 Å². The van der Waals surface area contributed by atoms with Gasteiger partial charge in [-0.15, -0.1) is 12.4 Å². The molecule has 0 spiro atoms. The van der Waals surface area contributed by atoms with E-state index in [0.29, 0.717) is 28.6 Å². The van der Waals surface area contributed by atoms with Gasteiger partial charge in [-0.05, 0) is 62.4 Å². The topological polar surface area (TPSA) is 61.4 Å². The van der Waals surface area contributed by atoms with Gasteiger partial charge in [-0.2, -0.15) is 0 Å². The summed E-state index contributed by atoms with van der Waals surface area (Å²) in [5, 5.41) is 6.49. The highest BCUT2D eigenvalue weighted by molar-refractivity contribution is 6.34. The predicted molar refractivity (Wildman–Crippen MR) is 119 cm³/mol. The molecule has 0 bridgehead atoms. The van der Waals surface area contributed by atoms with Crippen molar-refractivity contribution in [3.8, 4) is 0 Å². The maximum Gasteiger partial charge on any atom is 0.255 e. The Hall–Kier alpha value is -1.30. The fourth-order valence-electron chi connectivity index (χ4n) is 3.40. The molecule has 1 aromatic rings. The van der Waals surface area contributed by atoms with Crippen LogP contribution in [0.15, 0.2) is 18.2 Å². The molecule has 1 heterocycles. The third-order valence-electron chi connectivity index (χ3n) is 4.88.